The van der Waals surface area contributed by atoms with Crippen LogP contribution in [0.15, 0.2) is 0 Å². The van der Waals surface area contributed by atoms with Crippen LogP contribution in [0.1, 0.15) is 6.92 Å². The van der Waals surface area contributed by atoms with E-state index in [0.29, 0.717) is 32.4 Å². The minimum Gasteiger partial charge on any atom is -0.389 e. The summed E-state index contributed by atoms with van der Waals surface area (Å²) in [6, 6.07) is 0.476. The van der Waals surface area contributed by atoms with Gasteiger partial charge in [0.25, 0.3) is 0 Å². The van der Waals surface area contributed by atoms with E-state index in [2.05, 4.69) is 18.1 Å². The third kappa shape index (κ3) is 8.35. The number of ether oxygens (including phenoxy) is 2. The number of hydrogen-bond donors (Lipinski definition) is 1. The summed E-state index contributed by atoms with van der Waals surface area (Å²) in [6.45, 7) is 4.30. The van der Waals surface area contributed by atoms with Crippen LogP contribution in [-0.4, -0.2) is 74.7 Å². The van der Waals surface area contributed by atoms with Gasteiger partial charge in [-0.1, -0.05) is 0 Å². The summed E-state index contributed by atoms with van der Waals surface area (Å²) >= 11 is 1.82. The lowest BCUT2D eigenvalue weighted by atomic mass is 10.3. The molecule has 0 aliphatic heterocycles. The molecule has 0 heterocycles. The Morgan fingerprint density at radius 1 is 1.38 bits per heavy atom. The van der Waals surface area contributed by atoms with E-state index in [-0.39, 0.29) is 0 Å². The van der Waals surface area contributed by atoms with Crippen molar-refractivity contribution in [2.45, 2.75) is 19.1 Å². The van der Waals surface area contributed by atoms with E-state index in [1.165, 1.54) is 0 Å². The second kappa shape index (κ2) is 10.4. The van der Waals surface area contributed by atoms with Gasteiger partial charge in [-0.05, 0) is 20.2 Å². The molecule has 0 aliphatic carbocycles. The van der Waals surface area contributed by atoms with E-state index in [0.717, 1.165) is 5.75 Å². The third-order valence-corrected chi connectivity index (χ3v) is 3.22. The third-order valence-electron chi connectivity index (χ3n) is 2.40. The van der Waals surface area contributed by atoms with Crippen molar-refractivity contribution in [3.05, 3.63) is 0 Å². The van der Waals surface area contributed by atoms with Gasteiger partial charge >= 0.3 is 0 Å². The first-order valence-corrected chi connectivity index (χ1v) is 6.95. The fourth-order valence-electron chi connectivity index (χ4n) is 1.30. The number of hydrogen-bond acceptors (Lipinski definition) is 5. The van der Waals surface area contributed by atoms with Gasteiger partial charge in [-0.3, -0.25) is 0 Å². The van der Waals surface area contributed by atoms with Crippen molar-refractivity contribution < 1.29 is 14.6 Å². The number of nitrogens with zero attached hydrogens (tertiary/aromatic N) is 1. The van der Waals surface area contributed by atoms with Crippen LogP contribution in [0.4, 0.5) is 0 Å². The van der Waals surface area contributed by atoms with Gasteiger partial charge in [0.15, 0.2) is 0 Å². The molecule has 5 heteroatoms. The summed E-state index contributed by atoms with van der Waals surface area (Å²) in [4.78, 5) is 2.15. The molecule has 0 saturated carbocycles. The molecule has 0 aromatic rings. The van der Waals surface area contributed by atoms with E-state index in [9.17, 15) is 5.11 Å². The molecule has 0 radical (unpaired) electrons. The first-order chi connectivity index (χ1) is 7.61. The summed E-state index contributed by atoms with van der Waals surface area (Å²) in [5, 5.41) is 9.72. The van der Waals surface area contributed by atoms with Crippen LogP contribution in [0.2, 0.25) is 0 Å². The van der Waals surface area contributed by atoms with Crippen LogP contribution in [0.25, 0.3) is 0 Å². The highest BCUT2D eigenvalue weighted by Gasteiger charge is 2.13. The number of methoxy groups -OCH3 is 1. The van der Waals surface area contributed by atoms with Crippen LogP contribution >= 0.6 is 11.8 Å². The van der Waals surface area contributed by atoms with E-state index in [1.807, 2.05) is 18.8 Å². The highest BCUT2D eigenvalue weighted by molar-refractivity contribution is 7.98. The fraction of sp³-hybridized carbons (Fsp3) is 1.00. The largest absolute Gasteiger partial charge is 0.389 e. The van der Waals surface area contributed by atoms with Crippen LogP contribution in [0.3, 0.4) is 0 Å². The molecule has 98 valence electrons. The molecule has 0 rings (SSSR count). The van der Waals surface area contributed by atoms with Gasteiger partial charge in [-0.25, -0.2) is 0 Å². The summed E-state index contributed by atoms with van der Waals surface area (Å²) in [6.07, 6.45) is 1.67. The van der Waals surface area contributed by atoms with Crippen molar-refractivity contribution in [1.29, 1.82) is 0 Å². The Kier molecular flexibility index (Phi) is 10.5. The molecular weight excluding hydrogens is 226 g/mol. The molecule has 2 unspecified atom stereocenters. The van der Waals surface area contributed by atoms with Crippen molar-refractivity contribution >= 4 is 11.8 Å². The van der Waals surface area contributed by atoms with Crippen LogP contribution < -0.4 is 0 Å². The van der Waals surface area contributed by atoms with Crippen LogP contribution in [0, 0.1) is 0 Å². The standard InChI is InChI=1S/C11H25NO3S/c1-10(9-16-4)12(2)7-11(13)8-15-6-5-14-3/h10-11,13H,5-9H2,1-4H3. The molecule has 0 spiro atoms. The van der Waals surface area contributed by atoms with Crippen molar-refractivity contribution in [1.82, 2.24) is 4.90 Å². The van der Waals surface area contributed by atoms with E-state index >= 15 is 0 Å². The number of rotatable bonds is 10. The maximum atomic E-state index is 9.72. The molecule has 0 fully saturated rings. The molecule has 0 amide bonds. The summed E-state index contributed by atoms with van der Waals surface area (Å²) in [5.41, 5.74) is 0. The predicted octanol–water partition coefficient (Wildman–Crippen LogP) is 0.694. The zero-order chi connectivity index (χ0) is 12.4. The van der Waals surface area contributed by atoms with Crippen molar-refractivity contribution in [2.75, 3.05) is 52.5 Å². The molecular formula is C11H25NO3S. The van der Waals surface area contributed by atoms with Gasteiger partial charge in [0.2, 0.25) is 0 Å². The quantitative estimate of drug-likeness (QED) is 0.579. The normalized spacial score (nSPS) is 15.4. The second-order valence-corrected chi connectivity index (χ2v) is 4.88. The molecule has 0 aromatic carbocycles. The number of aliphatic hydroxyl groups excluding tert-OH is 1. The Bertz CT molecular complexity index is 160. The maximum Gasteiger partial charge on any atom is 0.0900 e. The van der Waals surface area contributed by atoms with Crippen molar-refractivity contribution in [3.63, 3.8) is 0 Å². The first kappa shape index (κ1) is 16.2. The van der Waals surface area contributed by atoms with Gasteiger partial charge in [-0.2, -0.15) is 11.8 Å². The monoisotopic (exact) mass is 251 g/mol. The second-order valence-electron chi connectivity index (χ2n) is 3.97. The average molecular weight is 251 g/mol. The summed E-state index contributed by atoms with van der Waals surface area (Å²) in [7, 11) is 3.66. The molecule has 1 N–H and O–H groups in total. The average Bonchev–Trinajstić information content (AvgIpc) is 2.24. The molecule has 4 nitrogen and oxygen atoms in total. The van der Waals surface area contributed by atoms with Gasteiger partial charge < -0.3 is 19.5 Å². The molecule has 0 bridgehead atoms. The zero-order valence-electron chi connectivity index (χ0n) is 10.8. The minimum atomic E-state index is -0.425. The smallest absolute Gasteiger partial charge is 0.0900 e. The summed E-state index contributed by atoms with van der Waals surface area (Å²) in [5.74, 6) is 1.08. The number of likely N-dealkylation sites (N-methyl/N-ethyl adjacent to an activating group) is 1. The number of thioether (sulfide) groups is 1. The molecule has 2 atom stereocenters. The first-order valence-electron chi connectivity index (χ1n) is 5.55. The van der Waals surface area contributed by atoms with Gasteiger partial charge in [0, 0.05) is 25.4 Å². The van der Waals surface area contributed by atoms with Gasteiger partial charge in [0.1, 0.15) is 0 Å². The Morgan fingerprint density at radius 3 is 2.62 bits per heavy atom. The van der Waals surface area contributed by atoms with Crippen molar-refractivity contribution in [2.24, 2.45) is 0 Å². The highest BCUT2D eigenvalue weighted by Crippen LogP contribution is 2.04. The summed E-state index contributed by atoms with van der Waals surface area (Å²) < 4.78 is 10.1. The lowest BCUT2D eigenvalue weighted by molar-refractivity contribution is -0.000445. The predicted molar refractivity (Wildman–Crippen MR) is 69.2 cm³/mol. The van der Waals surface area contributed by atoms with Crippen LogP contribution in [0.5, 0.6) is 0 Å². The number of aliphatic hydroxyl groups is 1. The maximum absolute atomic E-state index is 9.72. The van der Waals surface area contributed by atoms with Crippen molar-refractivity contribution in [3.8, 4) is 0 Å². The van der Waals surface area contributed by atoms with E-state index in [4.69, 9.17) is 9.47 Å². The Hall–Kier alpha value is 0.190. The topological polar surface area (TPSA) is 41.9 Å². The Balaban J connectivity index is 3.56. The SMILES string of the molecule is COCCOCC(O)CN(C)C(C)CSC. The molecule has 0 saturated heterocycles. The molecule has 0 aliphatic rings. The molecule has 16 heavy (non-hydrogen) atoms. The van der Waals surface area contributed by atoms with E-state index in [1.54, 1.807) is 7.11 Å². The zero-order valence-corrected chi connectivity index (χ0v) is 11.6. The highest BCUT2D eigenvalue weighted by atomic mass is 32.2. The lowest BCUT2D eigenvalue weighted by Gasteiger charge is -2.26. The van der Waals surface area contributed by atoms with E-state index < -0.39 is 6.10 Å². The van der Waals surface area contributed by atoms with Gasteiger partial charge in [0.05, 0.1) is 25.9 Å². The van der Waals surface area contributed by atoms with Gasteiger partial charge in [-0.15, -0.1) is 0 Å². The fourth-order valence-corrected chi connectivity index (χ4v) is 2.03. The lowest BCUT2D eigenvalue weighted by Crippen LogP contribution is -2.39. The Morgan fingerprint density at radius 2 is 2.06 bits per heavy atom. The molecule has 0 aromatic heterocycles. The van der Waals surface area contributed by atoms with Crippen LogP contribution in [-0.2, 0) is 9.47 Å². The minimum absolute atomic E-state index is 0.375. The Labute approximate surface area is 103 Å².